The molecule has 2 saturated heterocycles. The van der Waals surface area contributed by atoms with Crippen LogP contribution in [0.5, 0.6) is 0 Å². The lowest BCUT2D eigenvalue weighted by molar-refractivity contribution is -0.240. The van der Waals surface area contributed by atoms with Crippen LogP contribution in [0.2, 0.25) is 0 Å². The predicted molar refractivity (Wildman–Crippen MR) is 95.1 cm³/mol. The van der Waals surface area contributed by atoms with E-state index in [0.717, 1.165) is 38.8 Å². The molecule has 0 aromatic rings. The third-order valence-electron chi connectivity index (χ3n) is 10.8. The van der Waals surface area contributed by atoms with E-state index in [0.29, 0.717) is 29.6 Å². The van der Waals surface area contributed by atoms with Crippen molar-refractivity contribution in [3.63, 3.8) is 0 Å². The highest BCUT2D eigenvalue weighted by Crippen LogP contribution is 2.83. The fraction of sp³-hybridized carbons (Fsp3) is 0.955. The molecule has 0 aromatic heterocycles. The Balaban J connectivity index is 1.52. The third kappa shape index (κ3) is 1.28. The molecular formula is C22H31NO3. The largest absolute Gasteiger partial charge is 0.390 e. The summed E-state index contributed by atoms with van der Waals surface area (Å²) in [6.45, 7) is 6.32. The Morgan fingerprint density at radius 3 is 2.92 bits per heavy atom. The molecular weight excluding hydrogens is 326 g/mol. The molecule has 26 heavy (non-hydrogen) atoms. The molecule has 0 unspecified atom stereocenters. The Morgan fingerprint density at radius 2 is 2.08 bits per heavy atom. The second kappa shape index (κ2) is 4.11. The Bertz CT molecular complexity index is 735. The summed E-state index contributed by atoms with van der Waals surface area (Å²) in [6.07, 6.45) is 7.70. The van der Waals surface area contributed by atoms with Crippen LogP contribution >= 0.6 is 0 Å². The predicted octanol–water partition coefficient (Wildman–Crippen LogP) is 2.59. The number of Topliss-reactive ketones (excluding diaryl/α,β-unsaturated/α-hetero) is 1. The lowest BCUT2D eigenvalue weighted by Crippen LogP contribution is -2.71. The lowest BCUT2D eigenvalue weighted by atomic mass is 9.38. The maximum atomic E-state index is 13.7. The minimum Gasteiger partial charge on any atom is -0.390 e. The van der Waals surface area contributed by atoms with E-state index < -0.39 is 5.60 Å². The van der Waals surface area contributed by atoms with Gasteiger partial charge in [-0.25, -0.2) is 0 Å². The quantitative estimate of drug-likeness (QED) is 0.724. The highest BCUT2D eigenvalue weighted by molar-refractivity contribution is 5.86. The third-order valence-corrected chi connectivity index (χ3v) is 10.8. The average Bonchev–Trinajstić information content (AvgIpc) is 3.04. The fourth-order valence-electron chi connectivity index (χ4n) is 10.7. The molecule has 6 saturated carbocycles. The summed E-state index contributed by atoms with van der Waals surface area (Å²) in [6, 6.07) is 0.533. The van der Waals surface area contributed by atoms with Gasteiger partial charge in [0.15, 0.2) is 0 Å². The van der Waals surface area contributed by atoms with Crippen LogP contribution in [0.4, 0.5) is 0 Å². The van der Waals surface area contributed by atoms with Crippen LogP contribution in [0.1, 0.15) is 58.8 Å². The molecule has 0 amide bonds. The van der Waals surface area contributed by atoms with Crippen LogP contribution in [0.15, 0.2) is 0 Å². The van der Waals surface area contributed by atoms with Crippen molar-refractivity contribution in [2.24, 2.45) is 39.9 Å². The standard InChI is InChI=1S/C22H31NO3/c1-19-4-3-5-22-15-9-12-8-13(17(22)23-6-7-26-18(19)23)21(15,11-20(12,2)25)10-14(24)16(19)22/h12-13,15-18,25H,3-11H2,1-2H3/t12-,13+,15+,16-,17+,18+,19+,20+,21+,22+/m0/s1. The van der Waals surface area contributed by atoms with Crippen LogP contribution in [0.3, 0.4) is 0 Å². The monoisotopic (exact) mass is 357 g/mol. The van der Waals surface area contributed by atoms with Crippen LogP contribution in [-0.4, -0.2) is 46.8 Å². The van der Waals surface area contributed by atoms with Crippen LogP contribution < -0.4 is 0 Å². The Labute approximate surface area is 155 Å². The Kier molecular flexibility index (Phi) is 2.45. The van der Waals surface area contributed by atoms with Gasteiger partial charge in [-0.15, -0.1) is 0 Å². The van der Waals surface area contributed by atoms with Gasteiger partial charge in [-0.2, -0.15) is 0 Å². The first-order chi connectivity index (χ1) is 12.3. The highest BCUT2D eigenvalue weighted by atomic mass is 16.5. The molecule has 4 heteroatoms. The topological polar surface area (TPSA) is 49.8 Å². The van der Waals surface area contributed by atoms with E-state index in [9.17, 15) is 9.90 Å². The van der Waals surface area contributed by atoms with Crippen LogP contribution in [0, 0.1) is 39.9 Å². The van der Waals surface area contributed by atoms with Crippen molar-refractivity contribution in [1.29, 1.82) is 0 Å². The summed E-state index contributed by atoms with van der Waals surface area (Å²) in [7, 11) is 0. The molecule has 0 radical (unpaired) electrons. The number of fused-ring (bicyclic) bond motifs is 4. The molecule has 2 spiro atoms. The van der Waals surface area contributed by atoms with Gasteiger partial charge in [0.2, 0.25) is 0 Å². The van der Waals surface area contributed by atoms with Crippen molar-refractivity contribution in [3.8, 4) is 0 Å². The zero-order valence-corrected chi connectivity index (χ0v) is 16.0. The number of nitrogens with zero attached hydrogens (tertiary/aromatic N) is 1. The summed E-state index contributed by atoms with van der Waals surface area (Å²) in [5, 5.41) is 11.2. The van der Waals surface area contributed by atoms with Gasteiger partial charge in [-0.1, -0.05) is 13.3 Å². The van der Waals surface area contributed by atoms with Gasteiger partial charge in [0.05, 0.1) is 12.2 Å². The van der Waals surface area contributed by atoms with Gasteiger partial charge in [0.25, 0.3) is 0 Å². The SMILES string of the molecule is C[C@]12CCC[C@]34[C@@H]5C[C@@H]6C[C@H]([C@H]3N3CCO[C@@H]31)[C@@]5(CC(=O)[C@@H]24)C[C@@]6(C)O. The Morgan fingerprint density at radius 1 is 1.23 bits per heavy atom. The zero-order chi connectivity index (χ0) is 17.7. The minimum absolute atomic E-state index is 0.00316. The number of ketones is 1. The molecule has 10 atom stereocenters. The summed E-state index contributed by atoms with van der Waals surface area (Å²) in [4.78, 5) is 16.5. The molecule has 8 rings (SSSR count). The normalized spacial score (nSPS) is 67.6. The van der Waals surface area contributed by atoms with E-state index in [4.69, 9.17) is 4.74 Å². The maximum Gasteiger partial charge on any atom is 0.137 e. The van der Waals surface area contributed by atoms with Gasteiger partial charge in [0, 0.05) is 35.8 Å². The van der Waals surface area contributed by atoms with Crippen molar-refractivity contribution >= 4 is 5.78 Å². The van der Waals surface area contributed by atoms with Gasteiger partial charge in [-0.3, -0.25) is 9.69 Å². The van der Waals surface area contributed by atoms with Gasteiger partial charge < -0.3 is 9.84 Å². The molecule has 0 aromatic carbocycles. The molecule has 2 heterocycles. The van der Waals surface area contributed by atoms with Gasteiger partial charge >= 0.3 is 0 Å². The first-order valence-electron chi connectivity index (χ1n) is 11.0. The summed E-state index contributed by atoms with van der Waals surface area (Å²) >= 11 is 0. The van der Waals surface area contributed by atoms with Gasteiger partial charge in [0.1, 0.15) is 12.0 Å². The molecule has 2 aliphatic heterocycles. The first kappa shape index (κ1) is 15.5. The number of ether oxygens (including phenoxy) is 1. The fourth-order valence-corrected chi connectivity index (χ4v) is 10.7. The smallest absolute Gasteiger partial charge is 0.137 e. The van der Waals surface area contributed by atoms with Crippen molar-refractivity contribution < 1.29 is 14.6 Å². The molecule has 142 valence electrons. The van der Waals surface area contributed by atoms with E-state index in [2.05, 4.69) is 18.7 Å². The second-order valence-electron chi connectivity index (χ2n) is 11.5. The van der Waals surface area contributed by atoms with Gasteiger partial charge in [-0.05, 0) is 62.2 Å². The van der Waals surface area contributed by atoms with E-state index in [1.54, 1.807) is 0 Å². The van der Waals surface area contributed by atoms with Crippen molar-refractivity contribution in [2.45, 2.75) is 76.7 Å². The van der Waals surface area contributed by atoms with E-state index in [1.165, 1.54) is 19.3 Å². The molecule has 6 aliphatic carbocycles. The average molecular weight is 357 g/mol. The highest BCUT2D eigenvalue weighted by Gasteiger charge is 2.84. The molecule has 4 nitrogen and oxygen atoms in total. The number of rotatable bonds is 0. The van der Waals surface area contributed by atoms with Crippen molar-refractivity contribution in [2.75, 3.05) is 13.2 Å². The zero-order valence-electron chi connectivity index (χ0n) is 16.0. The number of hydrogen-bond donors (Lipinski definition) is 1. The molecule has 1 N–H and O–H groups in total. The lowest BCUT2D eigenvalue weighted by Gasteiger charge is -2.68. The number of aliphatic hydroxyl groups is 1. The number of piperidine rings is 1. The minimum atomic E-state index is -0.566. The molecule has 8 fully saturated rings. The van der Waals surface area contributed by atoms with E-state index in [1.807, 2.05) is 0 Å². The molecule has 6 bridgehead atoms. The second-order valence-corrected chi connectivity index (χ2v) is 11.5. The van der Waals surface area contributed by atoms with E-state index in [-0.39, 0.29) is 28.4 Å². The summed E-state index contributed by atoms with van der Waals surface area (Å²) in [5.41, 5.74) is -0.305. The number of hydrogen-bond acceptors (Lipinski definition) is 4. The van der Waals surface area contributed by atoms with Crippen molar-refractivity contribution in [1.82, 2.24) is 4.90 Å². The summed E-state index contributed by atoms with van der Waals surface area (Å²) < 4.78 is 6.34. The first-order valence-corrected chi connectivity index (χ1v) is 11.0. The Hall–Kier alpha value is -0.450. The van der Waals surface area contributed by atoms with Crippen molar-refractivity contribution in [3.05, 3.63) is 0 Å². The van der Waals surface area contributed by atoms with Crippen LogP contribution in [-0.2, 0) is 9.53 Å². The number of carbonyl (C=O) groups excluding carboxylic acids is 1. The molecule has 8 aliphatic rings. The van der Waals surface area contributed by atoms with E-state index >= 15 is 0 Å². The van der Waals surface area contributed by atoms with Crippen LogP contribution in [0.25, 0.3) is 0 Å². The summed E-state index contributed by atoms with van der Waals surface area (Å²) in [5.74, 6) is 2.43. The number of carbonyl (C=O) groups is 1. The maximum absolute atomic E-state index is 13.7.